The van der Waals surface area contributed by atoms with Crippen molar-refractivity contribution in [1.82, 2.24) is 15.5 Å². The van der Waals surface area contributed by atoms with E-state index in [2.05, 4.69) is 29.4 Å². The normalized spacial score (nSPS) is 14.1. The molecule has 0 fully saturated rings. The zero-order valence-corrected chi connectivity index (χ0v) is 10.7. The van der Waals surface area contributed by atoms with E-state index in [1.807, 2.05) is 13.8 Å². The van der Waals surface area contributed by atoms with Gasteiger partial charge < -0.3 is 14.5 Å². The molecule has 5 heteroatoms. The van der Waals surface area contributed by atoms with Crippen molar-refractivity contribution in [2.24, 2.45) is 0 Å². The molecule has 5 nitrogen and oxygen atoms in total. The number of hydrogen-bond acceptors (Lipinski definition) is 5. The first-order valence-corrected chi connectivity index (χ1v) is 5.67. The lowest BCUT2D eigenvalue weighted by Crippen LogP contribution is -2.21. The maximum Gasteiger partial charge on any atom is 0.247 e. The van der Waals surface area contributed by atoms with Crippen LogP contribution in [0.15, 0.2) is 4.42 Å². The van der Waals surface area contributed by atoms with E-state index >= 15 is 0 Å². The predicted molar refractivity (Wildman–Crippen MR) is 61.0 cm³/mol. The number of nitrogens with zero attached hydrogens (tertiary/aromatic N) is 2. The molecule has 0 amide bonds. The number of ether oxygens (including phenoxy) is 1. The van der Waals surface area contributed by atoms with E-state index in [4.69, 9.17) is 9.15 Å². The van der Waals surface area contributed by atoms with Crippen molar-refractivity contribution in [3.05, 3.63) is 11.8 Å². The first-order valence-electron chi connectivity index (χ1n) is 5.67. The van der Waals surface area contributed by atoms with Crippen LogP contribution in [0, 0.1) is 0 Å². The molecule has 1 atom stereocenters. The SMILES string of the molecule is CCNC(CC)c1nnc(C(C)(C)OC)o1. The summed E-state index contributed by atoms with van der Waals surface area (Å²) in [5.74, 6) is 1.14. The van der Waals surface area contributed by atoms with Gasteiger partial charge >= 0.3 is 0 Å². The molecule has 1 N–H and O–H groups in total. The Balaban J connectivity index is 2.85. The lowest BCUT2D eigenvalue weighted by Gasteiger charge is -2.17. The molecule has 1 rings (SSSR count). The van der Waals surface area contributed by atoms with Gasteiger partial charge in [0.05, 0.1) is 6.04 Å². The summed E-state index contributed by atoms with van der Waals surface area (Å²) in [4.78, 5) is 0. The summed E-state index contributed by atoms with van der Waals surface area (Å²) in [7, 11) is 1.63. The zero-order valence-electron chi connectivity index (χ0n) is 10.7. The molecule has 0 aliphatic heterocycles. The number of rotatable bonds is 6. The summed E-state index contributed by atoms with van der Waals surface area (Å²) in [6.07, 6.45) is 0.920. The number of hydrogen-bond donors (Lipinski definition) is 1. The average Bonchev–Trinajstić information content (AvgIpc) is 2.75. The molecule has 16 heavy (non-hydrogen) atoms. The maximum atomic E-state index is 5.64. The highest BCUT2D eigenvalue weighted by atomic mass is 16.5. The molecular formula is C11H21N3O2. The second kappa shape index (κ2) is 5.41. The van der Waals surface area contributed by atoms with E-state index in [0.29, 0.717) is 11.8 Å². The van der Waals surface area contributed by atoms with E-state index in [1.165, 1.54) is 0 Å². The number of aromatic nitrogens is 2. The van der Waals surface area contributed by atoms with Crippen LogP contribution in [0.5, 0.6) is 0 Å². The van der Waals surface area contributed by atoms with Crippen LogP contribution < -0.4 is 5.32 Å². The van der Waals surface area contributed by atoms with Gasteiger partial charge in [-0.2, -0.15) is 0 Å². The third-order valence-corrected chi connectivity index (χ3v) is 2.62. The van der Waals surface area contributed by atoms with Crippen molar-refractivity contribution in [3.63, 3.8) is 0 Å². The molecule has 0 radical (unpaired) electrons. The molecule has 0 aromatic carbocycles. The van der Waals surface area contributed by atoms with Crippen LogP contribution in [0.2, 0.25) is 0 Å². The second-order valence-electron chi connectivity index (χ2n) is 4.18. The van der Waals surface area contributed by atoms with Gasteiger partial charge in [0.1, 0.15) is 5.60 Å². The molecule has 92 valence electrons. The van der Waals surface area contributed by atoms with Gasteiger partial charge in [-0.25, -0.2) is 0 Å². The van der Waals surface area contributed by atoms with E-state index in [0.717, 1.165) is 13.0 Å². The summed E-state index contributed by atoms with van der Waals surface area (Å²) < 4.78 is 10.9. The molecule has 0 aliphatic carbocycles. The van der Waals surface area contributed by atoms with Gasteiger partial charge in [-0.05, 0) is 26.8 Å². The van der Waals surface area contributed by atoms with Gasteiger partial charge in [-0.15, -0.1) is 10.2 Å². The largest absolute Gasteiger partial charge is 0.420 e. The lowest BCUT2D eigenvalue weighted by atomic mass is 10.1. The topological polar surface area (TPSA) is 60.2 Å². The van der Waals surface area contributed by atoms with Gasteiger partial charge in [0.2, 0.25) is 11.8 Å². The standard InChI is InChI=1S/C11H21N3O2/c1-6-8(12-7-2)9-13-14-10(16-9)11(3,4)15-5/h8,12H,6-7H2,1-5H3. The minimum atomic E-state index is -0.532. The summed E-state index contributed by atoms with van der Waals surface area (Å²) in [5.41, 5.74) is -0.532. The van der Waals surface area contributed by atoms with Crippen LogP contribution in [-0.4, -0.2) is 23.9 Å². The van der Waals surface area contributed by atoms with Gasteiger partial charge in [-0.1, -0.05) is 13.8 Å². The molecule has 0 spiro atoms. The molecule has 0 aliphatic rings. The van der Waals surface area contributed by atoms with Crippen molar-refractivity contribution in [2.45, 2.75) is 45.8 Å². The Morgan fingerprint density at radius 2 is 2.06 bits per heavy atom. The fourth-order valence-electron chi connectivity index (χ4n) is 1.36. The third kappa shape index (κ3) is 2.80. The van der Waals surface area contributed by atoms with Crippen LogP contribution in [0.1, 0.15) is 51.9 Å². The van der Waals surface area contributed by atoms with Crippen LogP contribution in [0.25, 0.3) is 0 Å². The Hall–Kier alpha value is -0.940. The molecule has 0 saturated carbocycles. The number of nitrogens with one attached hydrogen (secondary N) is 1. The van der Waals surface area contributed by atoms with Gasteiger partial charge in [0.15, 0.2) is 0 Å². The Morgan fingerprint density at radius 3 is 2.56 bits per heavy atom. The summed E-state index contributed by atoms with van der Waals surface area (Å²) >= 11 is 0. The van der Waals surface area contributed by atoms with Crippen LogP contribution >= 0.6 is 0 Å². The van der Waals surface area contributed by atoms with E-state index in [9.17, 15) is 0 Å². The van der Waals surface area contributed by atoms with E-state index in [1.54, 1.807) is 7.11 Å². The number of methoxy groups -OCH3 is 1. The molecule has 1 unspecified atom stereocenters. The Morgan fingerprint density at radius 1 is 1.38 bits per heavy atom. The van der Waals surface area contributed by atoms with Crippen molar-refractivity contribution in [1.29, 1.82) is 0 Å². The highest BCUT2D eigenvalue weighted by Gasteiger charge is 2.28. The highest BCUT2D eigenvalue weighted by Crippen LogP contribution is 2.24. The Kier molecular flexibility index (Phi) is 4.44. The fraction of sp³-hybridized carbons (Fsp3) is 0.818. The van der Waals surface area contributed by atoms with Crippen molar-refractivity contribution in [2.75, 3.05) is 13.7 Å². The first kappa shape index (κ1) is 13.1. The average molecular weight is 227 g/mol. The summed E-state index contributed by atoms with van der Waals surface area (Å²) in [6.45, 7) is 8.82. The smallest absolute Gasteiger partial charge is 0.247 e. The van der Waals surface area contributed by atoms with E-state index in [-0.39, 0.29) is 6.04 Å². The zero-order chi connectivity index (χ0) is 12.2. The van der Waals surface area contributed by atoms with Crippen LogP contribution in [0.3, 0.4) is 0 Å². The van der Waals surface area contributed by atoms with Gasteiger partial charge in [0.25, 0.3) is 0 Å². The van der Waals surface area contributed by atoms with Crippen molar-refractivity contribution < 1.29 is 9.15 Å². The first-order chi connectivity index (χ1) is 7.55. The third-order valence-electron chi connectivity index (χ3n) is 2.62. The molecule has 0 bridgehead atoms. The lowest BCUT2D eigenvalue weighted by molar-refractivity contribution is -0.00492. The Bertz CT molecular complexity index is 323. The molecule has 1 heterocycles. The summed E-state index contributed by atoms with van der Waals surface area (Å²) in [6, 6.07) is 0.124. The minimum absolute atomic E-state index is 0.124. The van der Waals surface area contributed by atoms with Crippen molar-refractivity contribution in [3.8, 4) is 0 Å². The fourth-order valence-corrected chi connectivity index (χ4v) is 1.36. The quantitative estimate of drug-likeness (QED) is 0.805. The molecule has 1 aromatic rings. The molecule has 1 aromatic heterocycles. The van der Waals surface area contributed by atoms with E-state index < -0.39 is 5.60 Å². The molecule has 0 saturated heterocycles. The van der Waals surface area contributed by atoms with Crippen LogP contribution in [-0.2, 0) is 10.3 Å². The second-order valence-corrected chi connectivity index (χ2v) is 4.18. The monoisotopic (exact) mass is 227 g/mol. The van der Waals surface area contributed by atoms with Crippen molar-refractivity contribution >= 4 is 0 Å². The minimum Gasteiger partial charge on any atom is -0.420 e. The predicted octanol–water partition coefficient (Wildman–Crippen LogP) is 2.01. The highest BCUT2D eigenvalue weighted by molar-refractivity contribution is 4.96. The van der Waals surface area contributed by atoms with Gasteiger partial charge in [-0.3, -0.25) is 0 Å². The van der Waals surface area contributed by atoms with Gasteiger partial charge in [0, 0.05) is 7.11 Å². The van der Waals surface area contributed by atoms with Crippen LogP contribution in [0.4, 0.5) is 0 Å². The Labute approximate surface area is 96.6 Å². The molecular weight excluding hydrogens is 206 g/mol. The summed E-state index contributed by atoms with van der Waals surface area (Å²) in [5, 5.41) is 11.4. The maximum absolute atomic E-state index is 5.64.